The van der Waals surface area contributed by atoms with Crippen molar-refractivity contribution < 1.29 is 14.3 Å². The fourth-order valence-electron chi connectivity index (χ4n) is 3.84. The number of pyridine rings is 1. The molecule has 0 aliphatic carbocycles. The molecule has 1 unspecified atom stereocenters. The minimum atomic E-state index is 0. The highest BCUT2D eigenvalue weighted by molar-refractivity contribution is 5.96. The van der Waals surface area contributed by atoms with Crippen molar-refractivity contribution in [2.24, 2.45) is 0 Å². The second-order valence-corrected chi connectivity index (χ2v) is 6.33. The summed E-state index contributed by atoms with van der Waals surface area (Å²) in [5, 5.41) is 0. The Hall–Kier alpha value is -2.27. The van der Waals surface area contributed by atoms with Gasteiger partial charge in [-0.3, -0.25) is 9.78 Å². The third-order valence-electron chi connectivity index (χ3n) is 4.93. The van der Waals surface area contributed by atoms with Gasteiger partial charge in [0.15, 0.2) is 11.5 Å². The van der Waals surface area contributed by atoms with Crippen LogP contribution >= 0.6 is 12.4 Å². The lowest BCUT2D eigenvalue weighted by atomic mass is 9.85. The number of nitrogens with zero attached hydrogens (tertiary/aromatic N) is 2. The highest BCUT2D eigenvalue weighted by Gasteiger charge is 2.37. The number of halogens is 1. The van der Waals surface area contributed by atoms with E-state index in [1.54, 1.807) is 6.20 Å². The van der Waals surface area contributed by atoms with Crippen molar-refractivity contribution >= 4 is 18.3 Å². The zero-order chi connectivity index (χ0) is 17.4. The van der Waals surface area contributed by atoms with Crippen LogP contribution in [0.5, 0.6) is 11.5 Å². The molecule has 0 fully saturated rings. The summed E-state index contributed by atoms with van der Waals surface area (Å²) in [4.78, 5) is 19.3. The molecule has 3 heterocycles. The van der Waals surface area contributed by atoms with Crippen LogP contribution in [0, 0.1) is 0 Å². The maximum Gasteiger partial charge on any atom is 0.256 e. The largest absolute Gasteiger partial charge is 0.490 e. The summed E-state index contributed by atoms with van der Waals surface area (Å²) in [6.07, 6.45) is 3.34. The van der Waals surface area contributed by atoms with Gasteiger partial charge in [-0.15, -0.1) is 12.4 Å². The normalized spacial score (nSPS) is 17.5. The number of amides is 1. The van der Waals surface area contributed by atoms with Crippen LogP contribution in [0.25, 0.3) is 0 Å². The Kier molecular flexibility index (Phi) is 5.37. The van der Waals surface area contributed by atoms with Crippen LogP contribution in [0.2, 0.25) is 0 Å². The second-order valence-electron chi connectivity index (χ2n) is 6.33. The number of hydrogen-bond acceptors (Lipinski definition) is 4. The molecule has 138 valence electrons. The van der Waals surface area contributed by atoms with Gasteiger partial charge in [-0.1, -0.05) is 0 Å². The lowest BCUT2D eigenvalue weighted by Gasteiger charge is -2.41. The first-order chi connectivity index (χ1) is 12.2. The molecule has 1 aromatic heterocycles. The molecule has 5 nitrogen and oxygen atoms in total. The molecule has 0 spiro atoms. The molecule has 6 heteroatoms. The first-order valence-corrected chi connectivity index (χ1v) is 8.90. The van der Waals surface area contributed by atoms with Gasteiger partial charge in [-0.25, -0.2) is 0 Å². The van der Waals surface area contributed by atoms with E-state index in [4.69, 9.17) is 9.47 Å². The van der Waals surface area contributed by atoms with Crippen molar-refractivity contribution in [2.75, 3.05) is 19.8 Å². The van der Waals surface area contributed by atoms with E-state index in [0.717, 1.165) is 47.7 Å². The third kappa shape index (κ3) is 3.01. The number of benzene rings is 1. The Morgan fingerprint density at radius 2 is 1.92 bits per heavy atom. The van der Waals surface area contributed by atoms with E-state index in [0.29, 0.717) is 13.2 Å². The zero-order valence-electron chi connectivity index (χ0n) is 15.0. The van der Waals surface area contributed by atoms with E-state index in [9.17, 15) is 4.79 Å². The number of rotatable bonds is 4. The van der Waals surface area contributed by atoms with E-state index in [-0.39, 0.29) is 24.4 Å². The van der Waals surface area contributed by atoms with Gasteiger partial charge in [0.05, 0.1) is 30.5 Å². The minimum Gasteiger partial charge on any atom is -0.490 e. The topological polar surface area (TPSA) is 51.7 Å². The van der Waals surface area contributed by atoms with E-state index in [1.807, 2.05) is 30.9 Å². The van der Waals surface area contributed by atoms with Crippen molar-refractivity contribution in [1.82, 2.24) is 9.88 Å². The Bertz CT molecular complexity index is 825. The molecule has 1 amide bonds. The number of fused-ring (bicyclic) bond motifs is 4. The Morgan fingerprint density at radius 3 is 2.65 bits per heavy atom. The predicted molar refractivity (Wildman–Crippen MR) is 101 cm³/mol. The zero-order valence-corrected chi connectivity index (χ0v) is 15.8. The van der Waals surface area contributed by atoms with Gasteiger partial charge in [0.25, 0.3) is 5.91 Å². The van der Waals surface area contributed by atoms with Crippen molar-refractivity contribution in [2.45, 2.75) is 32.7 Å². The maximum atomic E-state index is 12.9. The Balaban J connectivity index is 0.00000196. The molecule has 26 heavy (non-hydrogen) atoms. The smallest absolute Gasteiger partial charge is 0.256 e. The first-order valence-electron chi connectivity index (χ1n) is 8.90. The molecule has 0 bridgehead atoms. The number of carbonyl (C=O) groups excluding carboxylic acids is 1. The molecule has 1 aromatic carbocycles. The van der Waals surface area contributed by atoms with Gasteiger partial charge in [0.2, 0.25) is 0 Å². The van der Waals surface area contributed by atoms with E-state index in [2.05, 4.69) is 17.1 Å². The van der Waals surface area contributed by atoms with Crippen LogP contribution in [0.15, 0.2) is 30.5 Å². The average molecular weight is 375 g/mol. The number of aromatic nitrogens is 1. The summed E-state index contributed by atoms with van der Waals surface area (Å²) in [5.41, 5.74) is 4.01. The van der Waals surface area contributed by atoms with Crippen LogP contribution in [-0.4, -0.2) is 35.5 Å². The molecular formula is C20H23ClN2O3. The minimum absolute atomic E-state index is 0. The number of carbonyl (C=O) groups is 1. The highest BCUT2D eigenvalue weighted by Crippen LogP contribution is 2.42. The molecule has 0 saturated heterocycles. The summed E-state index contributed by atoms with van der Waals surface area (Å²) < 4.78 is 11.5. The van der Waals surface area contributed by atoms with Crippen LogP contribution in [0.1, 0.15) is 47.1 Å². The molecule has 0 N–H and O–H groups in total. The predicted octanol–water partition coefficient (Wildman–Crippen LogP) is 3.60. The van der Waals surface area contributed by atoms with Gasteiger partial charge >= 0.3 is 0 Å². The maximum absolute atomic E-state index is 12.9. The first kappa shape index (κ1) is 18.5. The molecular weight excluding hydrogens is 352 g/mol. The fourth-order valence-corrected chi connectivity index (χ4v) is 3.84. The molecule has 2 aliphatic heterocycles. The van der Waals surface area contributed by atoms with Crippen molar-refractivity contribution in [3.05, 3.63) is 52.8 Å². The van der Waals surface area contributed by atoms with Crippen molar-refractivity contribution in [1.29, 1.82) is 0 Å². The van der Waals surface area contributed by atoms with E-state index >= 15 is 0 Å². The van der Waals surface area contributed by atoms with Crippen LogP contribution in [0.3, 0.4) is 0 Å². The third-order valence-corrected chi connectivity index (χ3v) is 4.93. The summed E-state index contributed by atoms with van der Waals surface area (Å²) in [7, 11) is 0. The number of ether oxygens (including phenoxy) is 2. The quantitative estimate of drug-likeness (QED) is 0.820. The molecule has 1 atom stereocenters. The van der Waals surface area contributed by atoms with Gasteiger partial charge < -0.3 is 14.4 Å². The van der Waals surface area contributed by atoms with E-state index in [1.165, 1.54) is 5.56 Å². The fraction of sp³-hybridized carbons (Fsp3) is 0.400. The number of hydrogen-bond donors (Lipinski definition) is 0. The van der Waals surface area contributed by atoms with Crippen LogP contribution < -0.4 is 9.47 Å². The van der Waals surface area contributed by atoms with Crippen molar-refractivity contribution in [3.8, 4) is 11.5 Å². The average Bonchev–Trinajstić information content (AvgIpc) is 2.63. The summed E-state index contributed by atoms with van der Waals surface area (Å²) >= 11 is 0. The molecule has 0 radical (unpaired) electrons. The summed E-state index contributed by atoms with van der Waals surface area (Å²) in [6, 6.07) is 7.87. The highest BCUT2D eigenvalue weighted by atomic mass is 35.5. The molecule has 2 aromatic rings. The van der Waals surface area contributed by atoms with Gasteiger partial charge in [-0.05, 0) is 55.7 Å². The van der Waals surface area contributed by atoms with Gasteiger partial charge in [0, 0.05) is 19.2 Å². The summed E-state index contributed by atoms with van der Waals surface area (Å²) in [5.74, 6) is 1.62. The van der Waals surface area contributed by atoms with E-state index < -0.39 is 0 Å². The Labute approximate surface area is 159 Å². The van der Waals surface area contributed by atoms with Gasteiger partial charge in [0.1, 0.15) is 0 Å². The second kappa shape index (κ2) is 7.54. The molecule has 2 aliphatic rings. The van der Waals surface area contributed by atoms with Crippen LogP contribution in [-0.2, 0) is 12.8 Å². The Morgan fingerprint density at radius 1 is 1.19 bits per heavy atom. The van der Waals surface area contributed by atoms with Crippen molar-refractivity contribution in [3.63, 3.8) is 0 Å². The standard InChI is InChI=1S/C20H22N2O3.ClH/c1-3-24-18-10-13-7-9-22-17(15(13)11-19(18)25-4-2)12-16-14(20(22)23)6-5-8-21-16;/h5-6,8,10-11,17H,3-4,7,9,12H2,1-2H3;1H. The summed E-state index contributed by atoms with van der Waals surface area (Å²) in [6.45, 7) is 5.84. The lowest BCUT2D eigenvalue weighted by molar-refractivity contribution is 0.0628. The molecule has 0 saturated carbocycles. The lowest BCUT2D eigenvalue weighted by Crippen LogP contribution is -2.44. The van der Waals surface area contributed by atoms with Gasteiger partial charge in [-0.2, -0.15) is 0 Å². The van der Waals surface area contributed by atoms with Crippen LogP contribution in [0.4, 0.5) is 0 Å². The SMILES string of the molecule is CCOc1cc2c(cc1OCC)C1Cc3ncccc3C(=O)N1CC2.Cl. The molecule has 4 rings (SSSR count). The monoisotopic (exact) mass is 374 g/mol.